The minimum Gasteiger partial charge on any atom is -0.491 e. The summed E-state index contributed by atoms with van der Waals surface area (Å²) >= 11 is 1.82. The average Bonchev–Trinajstić information content (AvgIpc) is 3.37. The topological polar surface area (TPSA) is 49.8 Å². The molecule has 4 rings (SSSR count). The first-order chi connectivity index (χ1) is 14.1. The smallest absolute Gasteiger partial charge is 0.407 e. The number of carboxylic acid groups (broad SMARTS) is 1. The summed E-state index contributed by atoms with van der Waals surface area (Å²) in [7, 11) is 0. The number of carbonyl (C=O) groups is 1. The fourth-order valence-corrected chi connectivity index (χ4v) is 4.64. The van der Waals surface area contributed by atoms with Gasteiger partial charge in [0.15, 0.2) is 0 Å². The minimum absolute atomic E-state index is 0.0437. The average molecular weight is 408 g/mol. The Kier molecular flexibility index (Phi) is 5.86. The van der Waals surface area contributed by atoms with Crippen molar-refractivity contribution in [1.29, 1.82) is 0 Å². The lowest BCUT2D eigenvalue weighted by molar-refractivity contribution is 0.123. The van der Waals surface area contributed by atoms with Crippen LogP contribution in [0.25, 0.3) is 10.4 Å². The molecule has 4 nitrogen and oxygen atoms in total. The van der Waals surface area contributed by atoms with Crippen LogP contribution in [-0.2, 0) is 6.42 Å². The molecule has 1 saturated heterocycles. The van der Waals surface area contributed by atoms with Gasteiger partial charge in [0, 0.05) is 16.3 Å². The molecule has 1 amide bonds. The van der Waals surface area contributed by atoms with Crippen molar-refractivity contribution in [1.82, 2.24) is 4.90 Å². The van der Waals surface area contributed by atoms with Crippen LogP contribution in [0, 0.1) is 6.92 Å². The number of aryl methyl sites for hydroxylation is 1. The molecule has 1 fully saturated rings. The van der Waals surface area contributed by atoms with Crippen molar-refractivity contribution in [2.45, 2.75) is 32.2 Å². The first-order valence-electron chi connectivity index (χ1n) is 9.95. The summed E-state index contributed by atoms with van der Waals surface area (Å²) in [5.41, 5.74) is 3.77. The quantitative estimate of drug-likeness (QED) is 0.559. The normalized spacial score (nSPS) is 16.2. The van der Waals surface area contributed by atoms with E-state index in [9.17, 15) is 9.90 Å². The monoisotopic (exact) mass is 407 g/mol. The van der Waals surface area contributed by atoms with E-state index in [0.29, 0.717) is 13.2 Å². The number of likely N-dealkylation sites (tertiary alicyclic amines) is 1. The molecule has 3 aromatic rings. The standard InChI is InChI=1S/C24H25NO3S/c1-17-4-13-23(29-17)20-9-5-18(6-10-20)15-19-7-11-22(12-8-19)28-16-21-3-2-14-25(21)24(26)27/h4-13,21H,2-3,14-16H2,1H3,(H,26,27)/t21-/m1/s1. The van der Waals surface area contributed by atoms with Gasteiger partial charge in [-0.15, -0.1) is 11.3 Å². The van der Waals surface area contributed by atoms with Crippen LogP contribution in [0.1, 0.15) is 28.8 Å². The summed E-state index contributed by atoms with van der Waals surface area (Å²) in [6.07, 6.45) is 1.79. The summed E-state index contributed by atoms with van der Waals surface area (Å²) in [5, 5.41) is 9.21. The largest absolute Gasteiger partial charge is 0.491 e. The van der Waals surface area contributed by atoms with E-state index in [1.807, 2.05) is 23.5 Å². The van der Waals surface area contributed by atoms with Crippen LogP contribution in [0.5, 0.6) is 5.75 Å². The van der Waals surface area contributed by atoms with Crippen LogP contribution in [0.2, 0.25) is 0 Å². The number of hydrogen-bond acceptors (Lipinski definition) is 3. The number of nitrogens with zero attached hydrogens (tertiary/aromatic N) is 1. The van der Waals surface area contributed by atoms with Gasteiger partial charge < -0.3 is 14.7 Å². The molecule has 0 bridgehead atoms. The minimum atomic E-state index is -0.855. The highest BCUT2D eigenvalue weighted by molar-refractivity contribution is 7.15. The van der Waals surface area contributed by atoms with Crippen molar-refractivity contribution in [3.63, 3.8) is 0 Å². The lowest BCUT2D eigenvalue weighted by Gasteiger charge is -2.21. The third-order valence-corrected chi connectivity index (χ3v) is 6.43. The first-order valence-corrected chi connectivity index (χ1v) is 10.8. The number of thiophene rings is 1. The van der Waals surface area contributed by atoms with Crippen LogP contribution >= 0.6 is 11.3 Å². The van der Waals surface area contributed by atoms with E-state index < -0.39 is 6.09 Å². The van der Waals surface area contributed by atoms with Gasteiger partial charge in [0.1, 0.15) is 12.4 Å². The van der Waals surface area contributed by atoms with Gasteiger partial charge in [-0.3, -0.25) is 0 Å². The zero-order valence-electron chi connectivity index (χ0n) is 16.5. The van der Waals surface area contributed by atoms with Crippen LogP contribution < -0.4 is 4.74 Å². The molecule has 2 heterocycles. The number of ether oxygens (including phenoxy) is 1. The zero-order chi connectivity index (χ0) is 20.2. The van der Waals surface area contributed by atoms with Gasteiger partial charge in [0.2, 0.25) is 0 Å². The van der Waals surface area contributed by atoms with Gasteiger partial charge in [-0.05, 0) is 67.1 Å². The Balaban J connectivity index is 1.33. The van der Waals surface area contributed by atoms with Gasteiger partial charge in [-0.25, -0.2) is 4.79 Å². The molecule has 0 saturated carbocycles. The maximum Gasteiger partial charge on any atom is 0.407 e. The number of hydrogen-bond donors (Lipinski definition) is 1. The fourth-order valence-electron chi connectivity index (χ4n) is 3.77. The number of amides is 1. The summed E-state index contributed by atoms with van der Waals surface area (Å²) < 4.78 is 5.84. The Bertz CT molecular complexity index is 963. The Morgan fingerprint density at radius 3 is 2.38 bits per heavy atom. The number of rotatable bonds is 6. The molecular formula is C24H25NO3S. The van der Waals surface area contributed by atoms with E-state index in [1.165, 1.54) is 31.3 Å². The summed E-state index contributed by atoms with van der Waals surface area (Å²) in [5.74, 6) is 0.786. The molecule has 0 unspecified atom stereocenters. The number of benzene rings is 2. The van der Waals surface area contributed by atoms with Crippen molar-refractivity contribution in [3.05, 3.63) is 76.7 Å². The molecule has 1 aliphatic rings. The molecule has 1 aromatic heterocycles. The Labute approximate surface area is 175 Å². The second-order valence-electron chi connectivity index (χ2n) is 7.51. The zero-order valence-corrected chi connectivity index (χ0v) is 17.3. The van der Waals surface area contributed by atoms with Crippen molar-refractivity contribution in [3.8, 4) is 16.2 Å². The second kappa shape index (κ2) is 8.70. The van der Waals surface area contributed by atoms with Crippen LogP contribution in [-0.4, -0.2) is 35.3 Å². The third kappa shape index (κ3) is 4.80. The van der Waals surface area contributed by atoms with Crippen LogP contribution in [0.15, 0.2) is 60.7 Å². The predicted molar refractivity (Wildman–Crippen MR) is 117 cm³/mol. The predicted octanol–water partition coefficient (Wildman–Crippen LogP) is 5.84. The first kappa shape index (κ1) is 19.5. The molecular weight excluding hydrogens is 382 g/mol. The Morgan fingerprint density at radius 2 is 1.76 bits per heavy atom. The van der Waals surface area contributed by atoms with Gasteiger partial charge in [0.05, 0.1) is 6.04 Å². The third-order valence-electron chi connectivity index (χ3n) is 5.38. The molecule has 0 aliphatic carbocycles. The van der Waals surface area contributed by atoms with E-state index >= 15 is 0 Å². The van der Waals surface area contributed by atoms with Gasteiger partial charge in [0.25, 0.3) is 0 Å². The van der Waals surface area contributed by atoms with Crippen molar-refractivity contribution in [2.75, 3.05) is 13.2 Å². The molecule has 1 atom stereocenters. The molecule has 1 N–H and O–H groups in total. The maximum atomic E-state index is 11.2. The van der Waals surface area contributed by atoms with Gasteiger partial charge >= 0.3 is 6.09 Å². The highest BCUT2D eigenvalue weighted by Crippen LogP contribution is 2.28. The highest BCUT2D eigenvalue weighted by atomic mass is 32.1. The molecule has 2 aromatic carbocycles. The maximum absolute atomic E-state index is 11.2. The Hall–Kier alpha value is -2.79. The van der Waals surface area contributed by atoms with Gasteiger partial charge in [-0.2, -0.15) is 0 Å². The summed E-state index contributed by atoms with van der Waals surface area (Å²) in [6.45, 7) is 3.15. The lowest BCUT2D eigenvalue weighted by Crippen LogP contribution is -2.37. The van der Waals surface area contributed by atoms with E-state index in [0.717, 1.165) is 25.0 Å². The van der Waals surface area contributed by atoms with E-state index in [2.05, 4.69) is 55.5 Å². The summed E-state index contributed by atoms with van der Waals surface area (Å²) in [6, 6.07) is 21.1. The molecule has 5 heteroatoms. The molecule has 150 valence electrons. The van der Waals surface area contributed by atoms with Crippen molar-refractivity contribution < 1.29 is 14.6 Å². The van der Waals surface area contributed by atoms with Crippen molar-refractivity contribution in [2.24, 2.45) is 0 Å². The molecule has 29 heavy (non-hydrogen) atoms. The van der Waals surface area contributed by atoms with E-state index in [-0.39, 0.29) is 6.04 Å². The second-order valence-corrected chi connectivity index (χ2v) is 8.80. The Morgan fingerprint density at radius 1 is 1.07 bits per heavy atom. The van der Waals surface area contributed by atoms with Crippen molar-refractivity contribution >= 4 is 17.4 Å². The van der Waals surface area contributed by atoms with E-state index in [1.54, 1.807) is 0 Å². The van der Waals surface area contributed by atoms with Crippen LogP contribution in [0.3, 0.4) is 0 Å². The highest BCUT2D eigenvalue weighted by Gasteiger charge is 2.28. The van der Waals surface area contributed by atoms with E-state index in [4.69, 9.17) is 4.74 Å². The molecule has 0 spiro atoms. The molecule has 1 aliphatic heterocycles. The lowest BCUT2D eigenvalue weighted by atomic mass is 10.0. The van der Waals surface area contributed by atoms with Crippen LogP contribution in [0.4, 0.5) is 4.79 Å². The molecule has 0 radical (unpaired) electrons. The summed E-state index contributed by atoms with van der Waals surface area (Å²) in [4.78, 5) is 15.3. The van der Waals surface area contributed by atoms with Gasteiger partial charge in [-0.1, -0.05) is 36.4 Å². The SMILES string of the molecule is Cc1ccc(-c2ccc(Cc3ccc(OC[C@H]4CCCN4C(=O)O)cc3)cc2)s1. The fraction of sp³-hybridized carbons (Fsp3) is 0.292.